The molecule has 0 aromatic carbocycles. The Kier molecular flexibility index (Phi) is 3.22. The van der Waals surface area contributed by atoms with Gasteiger partial charge in [-0.25, -0.2) is 4.98 Å². The average Bonchev–Trinajstić information content (AvgIpc) is 2.68. The lowest BCUT2D eigenvalue weighted by Crippen LogP contribution is -2.08. The molecule has 0 unspecified atom stereocenters. The first kappa shape index (κ1) is 11.4. The van der Waals surface area contributed by atoms with Crippen molar-refractivity contribution in [2.75, 3.05) is 17.6 Å². The minimum absolute atomic E-state index is 0.612. The lowest BCUT2D eigenvalue weighted by Gasteiger charge is -2.07. The number of nitrogen functional groups attached to an aromatic ring is 1. The van der Waals surface area contributed by atoms with Crippen molar-refractivity contribution in [2.24, 2.45) is 0 Å². The summed E-state index contributed by atoms with van der Waals surface area (Å²) in [5.74, 6) is 1.94. The Labute approximate surface area is 99.2 Å². The highest BCUT2D eigenvalue weighted by Gasteiger charge is 2.04. The molecule has 2 rings (SSSR count). The molecule has 0 saturated heterocycles. The van der Waals surface area contributed by atoms with Crippen molar-refractivity contribution in [1.29, 1.82) is 0 Å². The van der Waals surface area contributed by atoms with Crippen LogP contribution in [0, 0.1) is 13.8 Å². The molecule has 2 aromatic heterocycles. The van der Waals surface area contributed by atoms with Crippen LogP contribution in [0.5, 0.6) is 0 Å². The van der Waals surface area contributed by atoms with Gasteiger partial charge in [0.25, 0.3) is 0 Å². The van der Waals surface area contributed by atoms with Crippen molar-refractivity contribution < 1.29 is 4.52 Å². The highest BCUT2D eigenvalue weighted by atomic mass is 16.5. The second kappa shape index (κ2) is 4.82. The highest BCUT2D eigenvalue weighted by Crippen LogP contribution is 2.15. The summed E-state index contributed by atoms with van der Waals surface area (Å²) in [7, 11) is 0. The van der Waals surface area contributed by atoms with Crippen LogP contribution in [-0.4, -0.2) is 21.7 Å². The Hall–Kier alpha value is -2.11. The van der Waals surface area contributed by atoms with Gasteiger partial charge in [-0.3, -0.25) is 0 Å². The van der Waals surface area contributed by atoms with Crippen LogP contribution in [0.15, 0.2) is 16.8 Å². The van der Waals surface area contributed by atoms with Gasteiger partial charge in [-0.2, -0.15) is 4.98 Å². The van der Waals surface area contributed by atoms with Gasteiger partial charge in [0.2, 0.25) is 5.89 Å². The van der Waals surface area contributed by atoms with Crippen LogP contribution in [-0.2, 0) is 6.42 Å². The molecule has 0 fully saturated rings. The molecule has 0 atom stereocenters. The summed E-state index contributed by atoms with van der Waals surface area (Å²) in [6, 6.07) is 1.88. The number of nitrogens with two attached hydrogens (primary N) is 1. The first-order valence-electron chi connectivity index (χ1n) is 5.40. The second-order valence-corrected chi connectivity index (χ2v) is 3.86. The maximum absolute atomic E-state index is 5.83. The Balaban J connectivity index is 1.90. The summed E-state index contributed by atoms with van der Waals surface area (Å²) in [5, 5.41) is 6.85. The van der Waals surface area contributed by atoms with Crippen LogP contribution in [0.1, 0.15) is 17.3 Å². The first-order chi connectivity index (χ1) is 8.15. The average molecular weight is 233 g/mol. The van der Waals surface area contributed by atoms with Crippen LogP contribution in [0.2, 0.25) is 0 Å². The van der Waals surface area contributed by atoms with E-state index in [0.717, 1.165) is 5.56 Å². The lowest BCUT2D eigenvalue weighted by atomic mass is 10.3. The van der Waals surface area contributed by atoms with E-state index in [0.29, 0.717) is 36.2 Å². The van der Waals surface area contributed by atoms with Gasteiger partial charge < -0.3 is 15.6 Å². The number of hydrogen-bond acceptors (Lipinski definition) is 6. The smallest absolute Gasteiger partial charge is 0.228 e. The molecule has 0 bridgehead atoms. The van der Waals surface area contributed by atoms with Crippen LogP contribution >= 0.6 is 0 Å². The standard InChI is InChI=1S/C11H15N5O/c1-7-5-9(12)11(14-6-7)13-4-3-10-15-8(2)16-17-10/h5-6H,3-4,12H2,1-2H3,(H,13,14). The molecule has 0 aliphatic heterocycles. The molecule has 0 aliphatic rings. The van der Waals surface area contributed by atoms with Gasteiger partial charge in [-0.05, 0) is 25.5 Å². The lowest BCUT2D eigenvalue weighted by molar-refractivity contribution is 0.377. The molecule has 90 valence electrons. The number of aryl methyl sites for hydroxylation is 2. The zero-order valence-electron chi connectivity index (χ0n) is 9.90. The molecule has 0 amide bonds. The van der Waals surface area contributed by atoms with Crippen molar-refractivity contribution in [2.45, 2.75) is 20.3 Å². The summed E-state index contributed by atoms with van der Waals surface area (Å²) in [4.78, 5) is 8.32. The van der Waals surface area contributed by atoms with E-state index in [2.05, 4.69) is 20.4 Å². The fraction of sp³-hybridized carbons (Fsp3) is 0.364. The van der Waals surface area contributed by atoms with Crippen molar-refractivity contribution in [1.82, 2.24) is 15.1 Å². The van der Waals surface area contributed by atoms with Crippen molar-refractivity contribution in [3.05, 3.63) is 29.5 Å². The van der Waals surface area contributed by atoms with Crippen LogP contribution < -0.4 is 11.1 Å². The summed E-state index contributed by atoms with van der Waals surface area (Å²) in [6.45, 7) is 4.40. The molecule has 2 heterocycles. The van der Waals surface area contributed by atoms with Crippen LogP contribution in [0.25, 0.3) is 0 Å². The summed E-state index contributed by atoms with van der Waals surface area (Å²) in [5.41, 5.74) is 7.52. The van der Waals surface area contributed by atoms with Crippen molar-refractivity contribution >= 4 is 11.5 Å². The zero-order chi connectivity index (χ0) is 12.3. The minimum Gasteiger partial charge on any atom is -0.396 e. The summed E-state index contributed by atoms with van der Waals surface area (Å²) < 4.78 is 5.00. The monoisotopic (exact) mass is 233 g/mol. The summed E-state index contributed by atoms with van der Waals surface area (Å²) in [6.07, 6.45) is 2.42. The fourth-order valence-corrected chi connectivity index (χ4v) is 1.47. The van der Waals surface area contributed by atoms with Gasteiger partial charge in [0.05, 0.1) is 5.69 Å². The number of aromatic nitrogens is 3. The van der Waals surface area contributed by atoms with Crippen LogP contribution in [0.3, 0.4) is 0 Å². The number of hydrogen-bond donors (Lipinski definition) is 2. The second-order valence-electron chi connectivity index (χ2n) is 3.86. The number of pyridine rings is 1. The predicted molar refractivity (Wildman–Crippen MR) is 64.6 cm³/mol. The third kappa shape index (κ3) is 2.93. The Morgan fingerprint density at radius 2 is 2.24 bits per heavy atom. The third-order valence-corrected chi connectivity index (χ3v) is 2.25. The fourth-order valence-electron chi connectivity index (χ4n) is 1.47. The molecular formula is C11H15N5O. The molecule has 3 N–H and O–H groups in total. The predicted octanol–water partition coefficient (Wildman–Crippen LogP) is 1.32. The minimum atomic E-state index is 0.612. The molecule has 0 saturated carbocycles. The van der Waals surface area contributed by atoms with E-state index in [9.17, 15) is 0 Å². The molecule has 2 aromatic rings. The van der Waals surface area contributed by atoms with Gasteiger partial charge in [0.15, 0.2) is 5.82 Å². The normalized spacial score (nSPS) is 10.5. The molecule has 17 heavy (non-hydrogen) atoms. The summed E-state index contributed by atoms with van der Waals surface area (Å²) >= 11 is 0. The largest absolute Gasteiger partial charge is 0.396 e. The maximum Gasteiger partial charge on any atom is 0.228 e. The SMILES string of the molecule is Cc1cnc(NCCc2nc(C)no2)c(N)c1. The molecule has 0 radical (unpaired) electrons. The zero-order valence-corrected chi connectivity index (χ0v) is 9.90. The quantitative estimate of drug-likeness (QED) is 0.827. The van der Waals surface area contributed by atoms with Gasteiger partial charge in [-0.15, -0.1) is 0 Å². The number of nitrogens with zero attached hydrogens (tertiary/aromatic N) is 3. The molecule has 0 aliphatic carbocycles. The van der Waals surface area contributed by atoms with E-state index < -0.39 is 0 Å². The van der Waals surface area contributed by atoms with Crippen LogP contribution in [0.4, 0.5) is 11.5 Å². The van der Waals surface area contributed by atoms with Gasteiger partial charge >= 0.3 is 0 Å². The van der Waals surface area contributed by atoms with E-state index in [-0.39, 0.29) is 0 Å². The topological polar surface area (TPSA) is 89.9 Å². The number of anilines is 2. The molecular weight excluding hydrogens is 218 g/mol. The van der Waals surface area contributed by atoms with Crippen molar-refractivity contribution in [3.8, 4) is 0 Å². The molecule has 0 spiro atoms. The number of nitrogens with one attached hydrogen (secondary N) is 1. The Bertz CT molecular complexity index is 508. The van der Waals surface area contributed by atoms with Crippen molar-refractivity contribution in [3.63, 3.8) is 0 Å². The van der Waals surface area contributed by atoms with E-state index in [1.807, 2.05) is 13.0 Å². The van der Waals surface area contributed by atoms with Gasteiger partial charge in [-0.1, -0.05) is 5.16 Å². The van der Waals surface area contributed by atoms with Gasteiger partial charge in [0.1, 0.15) is 5.82 Å². The maximum atomic E-state index is 5.83. The van der Waals surface area contributed by atoms with Gasteiger partial charge in [0, 0.05) is 19.2 Å². The van der Waals surface area contributed by atoms with E-state index in [1.54, 1.807) is 13.1 Å². The third-order valence-electron chi connectivity index (χ3n) is 2.25. The van der Waals surface area contributed by atoms with E-state index >= 15 is 0 Å². The Morgan fingerprint density at radius 3 is 2.88 bits per heavy atom. The number of rotatable bonds is 4. The van der Waals surface area contributed by atoms with E-state index in [1.165, 1.54) is 0 Å². The first-order valence-corrected chi connectivity index (χ1v) is 5.40. The molecule has 6 nitrogen and oxygen atoms in total. The molecule has 6 heteroatoms. The Morgan fingerprint density at radius 1 is 1.41 bits per heavy atom. The highest BCUT2D eigenvalue weighted by molar-refractivity contribution is 5.61. The van der Waals surface area contributed by atoms with E-state index in [4.69, 9.17) is 10.3 Å².